The zero-order valence-electron chi connectivity index (χ0n) is 16.6. The summed E-state index contributed by atoms with van der Waals surface area (Å²) in [4.78, 5) is 12.2. The van der Waals surface area contributed by atoms with Gasteiger partial charge in [0.15, 0.2) is 9.84 Å². The monoisotopic (exact) mass is 458 g/mol. The van der Waals surface area contributed by atoms with E-state index in [1.165, 1.54) is 38.3 Å². The van der Waals surface area contributed by atoms with Gasteiger partial charge in [-0.1, -0.05) is 0 Å². The summed E-state index contributed by atoms with van der Waals surface area (Å²) in [6, 6.07) is 9.02. The van der Waals surface area contributed by atoms with Gasteiger partial charge in [0, 0.05) is 18.8 Å². The molecule has 0 heterocycles. The molecule has 0 aliphatic rings. The average molecular weight is 459 g/mol. The molecule has 0 fully saturated rings. The molecule has 2 atom stereocenters. The normalized spacial score (nSPS) is 14.1. The Kier molecular flexibility index (Phi) is 7.70. The molecule has 0 aromatic heterocycles. The lowest BCUT2D eigenvalue weighted by Crippen LogP contribution is -2.35. The Labute approximate surface area is 175 Å². The molecular weight excluding hydrogens is 435 g/mol. The van der Waals surface area contributed by atoms with Crippen LogP contribution in [0.15, 0.2) is 58.3 Å². The lowest BCUT2D eigenvalue weighted by molar-refractivity contribution is -0.115. The van der Waals surface area contributed by atoms with Crippen molar-refractivity contribution in [3.8, 4) is 0 Å². The van der Waals surface area contributed by atoms with Crippen molar-refractivity contribution in [2.45, 2.75) is 34.9 Å². The van der Waals surface area contributed by atoms with Crippen molar-refractivity contribution in [1.29, 1.82) is 0 Å². The standard InChI is InChI=1S/C19H23FN2O6S2/c1-13(12-28-3)22-30(26,27)18-10-6-16(7-11-18)21-19(23)14(2)29(24,25)17-8-4-15(20)5-9-17/h4-11,13-14,22H,12H2,1-3H3,(H,21,23). The Hall–Kier alpha value is -2.34. The van der Waals surface area contributed by atoms with E-state index in [9.17, 15) is 26.0 Å². The van der Waals surface area contributed by atoms with Crippen molar-refractivity contribution in [2.75, 3.05) is 19.0 Å². The van der Waals surface area contributed by atoms with Crippen LogP contribution in [0.1, 0.15) is 13.8 Å². The molecule has 2 N–H and O–H groups in total. The summed E-state index contributed by atoms with van der Waals surface area (Å²) in [6.07, 6.45) is 0. The highest BCUT2D eigenvalue weighted by molar-refractivity contribution is 7.92. The number of halogens is 1. The fourth-order valence-corrected chi connectivity index (χ4v) is 5.04. The van der Waals surface area contributed by atoms with Gasteiger partial charge in [0.1, 0.15) is 11.1 Å². The number of methoxy groups -OCH3 is 1. The van der Waals surface area contributed by atoms with Gasteiger partial charge in [-0.3, -0.25) is 4.79 Å². The SMILES string of the molecule is COCC(C)NS(=O)(=O)c1ccc(NC(=O)C(C)S(=O)(=O)c2ccc(F)cc2)cc1. The molecule has 8 nitrogen and oxygen atoms in total. The number of rotatable bonds is 9. The second-order valence-corrected chi connectivity index (χ2v) is 10.6. The molecule has 30 heavy (non-hydrogen) atoms. The number of carbonyl (C=O) groups is 1. The molecule has 2 rings (SSSR count). The van der Waals surface area contributed by atoms with Gasteiger partial charge in [0.05, 0.1) is 16.4 Å². The largest absolute Gasteiger partial charge is 0.383 e. The summed E-state index contributed by atoms with van der Waals surface area (Å²) in [7, 11) is -6.34. The van der Waals surface area contributed by atoms with Crippen molar-refractivity contribution in [3.05, 3.63) is 54.3 Å². The van der Waals surface area contributed by atoms with E-state index in [2.05, 4.69) is 10.0 Å². The third-order valence-corrected chi connectivity index (χ3v) is 7.86. The molecule has 164 valence electrons. The summed E-state index contributed by atoms with van der Waals surface area (Å²) in [6.45, 7) is 3.07. The number of sulfone groups is 1. The van der Waals surface area contributed by atoms with E-state index >= 15 is 0 Å². The molecule has 11 heteroatoms. The van der Waals surface area contributed by atoms with Gasteiger partial charge in [-0.15, -0.1) is 0 Å². The van der Waals surface area contributed by atoms with Gasteiger partial charge in [0.2, 0.25) is 15.9 Å². The summed E-state index contributed by atoms with van der Waals surface area (Å²) < 4.78 is 70.1. The van der Waals surface area contributed by atoms with E-state index < -0.39 is 42.9 Å². The van der Waals surface area contributed by atoms with Gasteiger partial charge in [-0.2, -0.15) is 0 Å². The smallest absolute Gasteiger partial charge is 0.242 e. The lowest BCUT2D eigenvalue weighted by atomic mass is 10.3. The molecule has 0 radical (unpaired) electrons. The summed E-state index contributed by atoms with van der Waals surface area (Å²) >= 11 is 0. The highest BCUT2D eigenvalue weighted by Crippen LogP contribution is 2.19. The van der Waals surface area contributed by atoms with Crippen molar-refractivity contribution < 1.29 is 30.8 Å². The number of nitrogens with one attached hydrogen (secondary N) is 2. The fourth-order valence-electron chi connectivity index (χ4n) is 2.55. The zero-order valence-corrected chi connectivity index (χ0v) is 18.3. The molecule has 0 aliphatic heterocycles. The molecule has 0 bridgehead atoms. The zero-order chi connectivity index (χ0) is 22.5. The minimum absolute atomic E-state index is 0.0181. The second-order valence-electron chi connectivity index (χ2n) is 6.63. The predicted molar refractivity (Wildman–Crippen MR) is 110 cm³/mol. The van der Waals surface area contributed by atoms with E-state index in [1.807, 2.05) is 0 Å². The second kappa shape index (κ2) is 9.65. The highest BCUT2D eigenvalue weighted by atomic mass is 32.2. The number of benzene rings is 2. The van der Waals surface area contributed by atoms with Gasteiger partial charge < -0.3 is 10.1 Å². The quantitative estimate of drug-likeness (QED) is 0.555. The van der Waals surface area contributed by atoms with Crippen molar-refractivity contribution >= 4 is 31.5 Å². The summed E-state index contributed by atoms with van der Waals surface area (Å²) in [5, 5.41) is 1.000. The maximum absolute atomic E-state index is 13.0. The first-order valence-electron chi connectivity index (χ1n) is 8.89. The number of hydrogen-bond donors (Lipinski definition) is 2. The van der Waals surface area contributed by atoms with Crippen LogP contribution in [0.3, 0.4) is 0 Å². The Balaban J connectivity index is 2.11. The highest BCUT2D eigenvalue weighted by Gasteiger charge is 2.30. The molecule has 0 saturated heterocycles. The fraction of sp³-hybridized carbons (Fsp3) is 0.316. The third kappa shape index (κ3) is 5.85. The minimum atomic E-state index is -4.02. The summed E-state index contributed by atoms with van der Waals surface area (Å²) in [5.41, 5.74) is 0.227. The third-order valence-electron chi connectivity index (χ3n) is 4.18. The number of amides is 1. The van der Waals surface area contributed by atoms with Crippen LogP contribution in [0, 0.1) is 5.82 Å². The number of carbonyl (C=O) groups excluding carboxylic acids is 1. The Morgan fingerprint density at radius 2 is 1.50 bits per heavy atom. The van der Waals surface area contributed by atoms with Crippen LogP contribution in [0.2, 0.25) is 0 Å². The van der Waals surface area contributed by atoms with E-state index in [0.717, 1.165) is 24.3 Å². The van der Waals surface area contributed by atoms with E-state index in [0.29, 0.717) is 0 Å². The molecule has 2 unspecified atom stereocenters. The summed E-state index contributed by atoms with van der Waals surface area (Å²) in [5.74, 6) is -1.39. The number of ether oxygens (including phenoxy) is 1. The van der Waals surface area contributed by atoms with Gasteiger partial charge in [0.25, 0.3) is 0 Å². The maximum Gasteiger partial charge on any atom is 0.242 e. The Morgan fingerprint density at radius 3 is 2.03 bits per heavy atom. The van der Waals surface area contributed by atoms with Crippen LogP contribution < -0.4 is 10.0 Å². The topological polar surface area (TPSA) is 119 Å². The molecule has 0 saturated carbocycles. The minimum Gasteiger partial charge on any atom is -0.383 e. The van der Waals surface area contributed by atoms with Crippen molar-refractivity contribution in [1.82, 2.24) is 4.72 Å². The molecular formula is C19H23FN2O6S2. The number of hydrogen-bond acceptors (Lipinski definition) is 6. The van der Waals surface area contributed by atoms with Crippen LogP contribution in [0.4, 0.5) is 10.1 Å². The maximum atomic E-state index is 13.0. The molecule has 2 aromatic carbocycles. The number of sulfonamides is 1. The van der Waals surface area contributed by atoms with Crippen LogP contribution in [-0.2, 0) is 29.4 Å². The van der Waals surface area contributed by atoms with Gasteiger partial charge in [-0.25, -0.2) is 25.9 Å². The van der Waals surface area contributed by atoms with Crippen LogP contribution in [0.5, 0.6) is 0 Å². The number of anilines is 1. The van der Waals surface area contributed by atoms with Crippen LogP contribution >= 0.6 is 0 Å². The van der Waals surface area contributed by atoms with Gasteiger partial charge in [-0.05, 0) is 62.4 Å². The first-order valence-corrected chi connectivity index (χ1v) is 11.9. The van der Waals surface area contributed by atoms with Crippen LogP contribution in [-0.4, -0.2) is 47.8 Å². The lowest BCUT2D eigenvalue weighted by Gasteiger charge is -2.15. The van der Waals surface area contributed by atoms with E-state index in [1.54, 1.807) is 6.92 Å². The average Bonchev–Trinajstić information content (AvgIpc) is 2.67. The Bertz CT molecular complexity index is 1080. The van der Waals surface area contributed by atoms with E-state index in [4.69, 9.17) is 4.74 Å². The predicted octanol–water partition coefficient (Wildman–Crippen LogP) is 1.94. The molecule has 1 amide bonds. The Morgan fingerprint density at radius 1 is 0.967 bits per heavy atom. The molecule has 0 spiro atoms. The van der Waals surface area contributed by atoms with Crippen molar-refractivity contribution in [2.24, 2.45) is 0 Å². The van der Waals surface area contributed by atoms with Crippen molar-refractivity contribution in [3.63, 3.8) is 0 Å². The van der Waals surface area contributed by atoms with Gasteiger partial charge >= 0.3 is 0 Å². The first kappa shape index (κ1) is 23.9. The molecule has 2 aromatic rings. The first-order chi connectivity index (χ1) is 14.0. The molecule has 0 aliphatic carbocycles. The van der Waals surface area contributed by atoms with Crippen LogP contribution in [0.25, 0.3) is 0 Å². The van der Waals surface area contributed by atoms with E-state index in [-0.39, 0.29) is 22.1 Å².